The molecule has 0 N–H and O–H groups in total. The Hall–Kier alpha value is -2.57. The lowest BCUT2D eigenvalue weighted by molar-refractivity contribution is -0.121. The predicted molar refractivity (Wildman–Crippen MR) is 111 cm³/mol. The zero-order valence-corrected chi connectivity index (χ0v) is 16.5. The van der Waals surface area contributed by atoms with Gasteiger partial charge in [0, 0.05) is 12.7 Å². The van der Waals surface area contributed by atoms with Crippen molar-refractivity contribution in [3.63, 3.8) is 0 Å². The summed E-state index contributed by atoms with van der Waals surface area (Å²) >= 11 is 7.43. The van der Waals surface area contributed by atoms with Crippen LogP contribution in [0.4, 0.5) is 5.69 Å². The number of pyridine rings is 1. The average Bonchev–Trinajstić information content (AvgIpc) is 2.99. The topological polar surface area (TPSA) is 54.8 Å². The van der Waals surface area contributed by atoms with Crippen molar-refractivity contribution in [3.05, 3.63) is 70.9 Å². The molecule has 27 heavy (non-hydrogen) atoms. The summed E-state index contributed by atoms with van der Waals surface area (Å²) in [5, 5.41) is 0.839. The molecule has 1 aliphatic rings. The number of allylic oxidation sites excluding steroid dienone is 1. The van der Waals surface area contributed by atoms with Crippen molar-refractivity contribution in [2.24, 2.45) is 4.99 Å². The molecule has 3 rings (SSSR count). The Labute approximate surface area is 167 Å². The smallest absolute Gasteiger partial charge is 0.267 e. The number of aliphatic imine (C=N–C) groups is 1. The van der Waals surface area contributed by atoms with Gasteiger partial charge in [0.05, 0.1) is 12.0 Å². The molecule has 0 bridgehead atoms. The zero-order chi connectivity index (χ0) is 19.4. The van der Waals surface area contributed by atoms with Crippen LogP contribution >= 0.6 is 23.4 Å². The first-order chi connectivity index (χ1) is 13.0. The molecule has 1 aromatic carbocycles. The third-order valence-electron chi connectivity index (χ3n) is 3.97. The Bertz CT molecular complexity index is 956. The monoisotopic (exact) mass is 399 g/mol. The van der Waals surface area contributed by atoms with Crippen LogP contribution in [-0.2, 0) is 4.79 Å². The molecule has 0 unspecified atom stereocenters. The van der Waals surface area contributed by atoms with Crippen LogP contribution in [0.25, 0.3) is 5.57 Å². The largest absolute Gasteiger partial charge is 0.497 e. The van der Waals surface area contributed by atoms with Crippen LogP contribution < -0.4 is 4.74 Å². The van der Waals surface area contributed by atoms with E-state index in [4.69, 9.17) is 16.3 Å². The van der Waals surface area contributed by atoms with Crippen molar-refractivity contribution in [1.82, 2.24) is 9.88 Å². The Kier molecular flexibility index (Phi) is 5.98. The van der Waals surface area contributed by atoms with E-state index in [1.165, 1.54) is 11.8 Å². The molecule has 2 aromatic rings. The quantitative estimate of drug-likeness (QED) is 0.406. The molecule has 0 saturated carbocycles. The summed E-state index contributed by atoms with van der Waals surface area (Å²) < 4.78 is 5.28. The highest BCUT2D eigenvalue weighted by Gasteiger charge is 2.34. The molecule has 1 amide bonds. The van der Waals surface area contributed by atoms with Gasteiger partial charge in [0.25, 0.3) is 5.91 Å². The zero-order valence-electron chi connectivity index (χ0n) is 15.0. The summed E-state index contributed by atoms with van der Waals surface area (Å²) in [7, 11) is 1.62. The molecule has 1 saturated heterocycles. The standard InChI is InChI=1S/C20H18ClN3O2S/c1-4-11-24-19(25)17(13(2)14-7-5-8-15(12-14)26-3)27-20(24)23-16-9-6-10-22-18(16)21/h4-10,12H,1,11H2,2-3H3/b17-13-,23-20?. The van der Waals surface area contributed by atoms with Gasteiger partial charge < -0.3 is 4.74 Å². The number of hydrogen-bond acceptors (Lipinski definition) is 5. The molecule has 1 fully saturated rings. The summed E-state index contributed by atoms with van der Waals surface area (Å²) in [6.07, 6.45) is 3.27. The van der Waals surface area contributed by atoms with E-state index in [-0.39, 0.29) is 5.91 Å². The molecule has 2 heterocycles. The molecule has 0 atom stereocenters. The number of aromatic nitrogens is 1. The van der Waals surface area contributed by atoms with Crippen molar-refractivity contribution < 1.29 is 9.53 Å². The number of methoxy groups -OCH3 is 1. The Morgan fingerprint density at radius 1 is 1.41 bits per heavy atom. The van der Waals surface area contributed by atoms with Gasteiger partial charge in [-0.05, 0) is 54.1 Å². The van der Waals surface area contributed by atoms with E-state index in [1.54, 1.807) is 36.4 Å². The van der Waals surface area contributed by atoms with E-state index in [1.807, 2.05) is 31.2 Å². The molecule has 5 nitrogen and oxygen atoms in total. The molecule has 0 radical (unpaired) electrons. The molecular formula is C20H18ClN3O2S. The Balaban J connectivity index is 2.04. The van der Waals surface area contributed by atoms with Crippen LogP contribution in [0.2, 0.25) is 5.15 Å². The average molecular weight is 400 g/mol. The number of thioether (sulfide) groups is 1. The highest BCUT2D eigenvalue weighted by atomic mass is 35.5. The van der Waals surface area contributed by atoms with E-state index >= 15 is 0 Å². The first kappa shape index (κ1) is 19.2. The van der Waals surface area contributed by atoms with Crippen LogP contribution in [0.3, 0.4) is 0 Å². The van der Waals surface area contributed by atoms with E-state index in [2.05, 4.69) is 16.6 Å². The maximum Gasteiger partial charge on any atom is 0.267 e. The number of amides is 1. The van der Waals surface area contributed by atoms with Gasteiger partial charge in [0.1, 0.15) is 11.4 Å². The van der Waals surface area contributed by atoms with E-state index in [0.29, 0.717) is 27.5 Å². The fourth-order valence-corrected chi connectivity index (χ4v) is 3.79. The molecule has 1 aliphatic heterocycles. The SMILES string of the molecule is C=CCN1C(=O)/C(=C(\C)c2cccc(OC)c2)SC1=Nc1cccnc1Cl. The molecule has 138 valence electrons. The second-order valence-corrected chi connectivity index (χ2v) is 7.04. The van der Waals surface area contributed by atoms with Gasteiger partial charge in [-0.25, -0.2) is 9.98 Å². The molecule has 7 heteroatoms. The number of carbonyl (C=O) groups excluding carboxylic acids is 1. The molecule has 0 aliphatic carbocycles. The van der Waals surface area contributed by atoms with Crippen molar-refractivity contribution in [2.75, 3.05) is 13.7 Å². The summed E-state index contributed by atoms with van der Waals surface area (Å²) in [6.45, 7) is 6.02. The number of halogens is 1. The summed E-state index contributed by atoms with van der Waals surface area (Å²) in [6, 6.07) is 11.1. The molecular weight excluding hydrogens is 382 g/mol. The Morgan fingerprint density at radius 2 is 2.22 bits per heavy atom. The number of ether oxygens (including phenoxy) is 1. The number of benzene rings is 1. The van der Waals surface area contributed by atoms with Crippen LogP contribution in [0.15, 0.2) is 65.1 Å². The predicted octanol–water partition coefficient (Wildman–Crippen LogP) is 4.92. The number of hydrogen-bond donors (Lipinski definition) is 0. The third kappa shape index (κ3) is 4.07. The second-order valence-electron chi connectivity index (χ2n) is 5.70. The number of nitrogens with zero attached hydrogens (tertiary/aromatic N) is 3. The minimum Gasteiger partial charge on any atom is -0.497 e. The summed E-state index contributed by atoms with van der Waals surface area (Å²) in [5.74, 6) is 0.626. The van der Waals surface area contributed by atoms with Gasteiger partial charge in [-0.2, -0.15) is 0 Å². The van der Waals surface area contributed by atoms with Gasteiger partial charge in [0.15, 0.2) is 10.3 Å². The van der Waals surface area contributed by atoms with Crippen LogP contribution in [-0.4, -0.2) is 34.6 Å². The van der Waals surface area contributed by atoms with Crippen molar-refractivity contribution in [2.45, 2.75) is 6.92 Å². The first-order valence-electron chi connectivity index (χ1n) is 8.20. The van der Waals surface area contributed by atoms with Gasteiger partial charge in [-0.1, -0.05) is 29.8 Å². The third-order valence-corrected chi connectivity index (χ3v) is 5.44. The second kappa shape index (κ2) is 8.41. The van der Waals surface area contributed by atoms with E-state index in [9.17, 15) is 4.79 Å². The van der Waals surface area contributed by atoms with Crippen molar-refractivity contribution >= 4 is 45.7 Å². The maximum absolute atomic E-state index is 13.0. The summed E-state index contributed by atoms with van der Waals surface area (Å²) in [4.78, 5) is 23.8. The summed E-state index contributed by atoms with van der Waals surface area (Å²) in [5.41, 5.74) is 2.30. The minimum atomic E-state index is -0.112. The van der Waals surface area contributed by atoms with Gasteiger partial charge >= 0.3 is 0 Å². The highest BCUT2D eigenvalue weighted by molar-refractivity contribution is 8.18. The van der Waals surface area contributed by atoms with Gasteiger partial charge in [-0.15, -0.1) is 6.58 Å². The van der Waals surface area contributed by atoms with Gasteiger partial charge in [0.2, 0.25) is 0 Å². The lowest BCUT2D eigenvalue weighted by Crippen LogP contribution is -2.29. The maximum atomic E-state index is 13.0. The lowest BCUT2D eigenvalue weighted by Gasteiger charge is -2.13. The minimum absolute atomic E-state index is 0.112. The van der Waals surface area contributed by atoms with Crippen LogP contribution in [0.5, 0.6) is 5.75 Å². The normalized spacial score (nSPS) is 17.4. The first-order valence-corrected chi connectivity index (χ1v) is 9.39. The lowest BCUT2D eigenvalue weighted by atomic mass is 10.1. The van der Waals surface area contributed by atoms with Gasteiger partial charge in [-0.3, -0.25) is 9.69 Å². The van der Waals surface area contributed by atoms with E-state index in [0.717, 1.165) is 16.9 Å². The molecule has 0 spiro atoms. The Morgan fingerprint density at radius 3 is 2.93 bits per heavy atom. The number of rotatable bonds is 5. The van der Waals surface area contributed by atoms with Crippen LogP contribution in [0, 0.1) is 0 Å². The fourth-order valence-electron chi connectivity index (χ4n) is 2.56. The van der Waals surface area contributed by atoms with Crippen molar-refractivity contribution in [1.29, 1.82) is 0 Å². The van der Waals surface area contributed by atoms with Crippen molar-refractivity contribution in [3.8, 4) is 5.75 Å². The van der Waals surface area contributed by atoms with E-state index < -0.39 is 0 Å². The number of carbonyl (C=O) groups is 1. The molecule has 1 aromatic heterocycles. The fraction of sp³-hybridized carbons (Fsp3) is 0.150. The highest BCUT2D eigenvalue weighted by Crippen LogP contribution is 2.38. The number of amidine groups is 1. The van der Waals surface area contributed by atoms with Crippen LogP contribution in [0.1, 0.15) is 12.5 Å².